The van der Waals surface area contributed by atoms with Crippen LogP contribution >= 0.6 is 11.3 Å². The van der Waals surface area contributed by atoms with Crippen LogP contribution in [0.15, 0.2) is 6.20 Å². The van der Waals surface area contributed by atoms with Gasteiger partial charge >= 0.3 is 11.9 Å². The number of carboxylic acids is 1. The fraction of sp³-hybridized carbons (Fsp3) is 0.412. The van der Waals surface area contributed by atoms with E-state index in [0.717, 1.165) is 24.4 Å². The van der Waals surface area contributed by atoms with E-state index >= 15 is 0 Å². The summed E-state index contributed by atoms with van der Waals surface area (Å²) in [7, 11) is 0. The molecule has 0 spiro atoms. The van der Waals surface area contributed by atoms with Crippen molar-refractivity contribution in [2.24, 2.45) is 0 Å². The number of nitrogens with one attached hydrogen (secondary N) is 3. The Morgan fingerprint density at radius 2 is 1.94 bits per heavy atom. The molecule has 1 fully saturated rings. The minimum absolute atomic E-state index is 0.0699. The van der Waals surface area contributed by atoms with E-state index in [-0.39, 0.29) is 23.4 Å². The van der Waals surface area contributed by atoms with E-state index in [9.17, 15) is 9.59 Å². The highest BCUT2D eigenvalue weighted by molar-refractivity contribution is 7.17. The first-order valence-electron chi connectivity index (χ1n) is 9.27. The predicted octanol–water partition coefficient (Wildman–Crippen LogP) is -0.649. The summed E-state index contributed by atoms with van der Waals surface area (Å²) in [6.45, 7) is 4.97. The van der Waals surface area contributed by atoms with Gasteiger partial charge in [-0.3, -0.25) is 25.9 Å². The van der Waals surface area contributed by atoms with Gasteiger partial charge in [0.05, 0.1) is 12.8 Å². The van der Waals surface area contributed by atoms with Gasteiger partial charge in [-0.05, 0) is 12.8 Å². The van der Waals surface area contributed by atoms with Gasteiger partial charge in [-0.2, -0.15) is 15.0 Å². The minimum atomic E-state index is -1.08. The number of thiazole rings is 1. The van der Waals surface area contributed by atoms with Crippen LogP contribution in [0.4, 0.5) is 23.0 Å². The number of piperazine rings is 1. The maximum atomic E-state index is 11.6. The third-order valence-corrected chi connectivity index (χ3v) is 5.06. The number of amides is 1. The molecule has 0 radical (unpaired) electrons. The molecule has 3 heterocycles. The van der Waals surface area contributed by atoms with Gasteiger partial charge in [0.15, 0.2) is 5.13 Å². The van der Waals surface area contributed by atoms with Gasteiger partial charge in [-0.15, -0.1) is 0 Å². The van der Waals surface area contributed by atoms with Crippen molar-refractivity contribution in [3.8, 4) is 11.8 Å². The molecule has 0 aliphatic carbocycles. The summed E-state index contributed by atoms with van der Waals surface area (Å²) in [5.74, 6) is 3.76. The largest absolute Gasteiger partial charge is 0.477 e. The molecule has 0 aromatic carbocycles. The summed E-state index contributed by atoms with van der Waals surface area (Å²) in [5.41, 5.74) is 4.98. The van der Waals surface area contributed by atoms with Crippen molar-refractivity contribution in [2.45, 2.75) is 6.92 Å². The Labute approximate surface area is 181 Å². The number of hydrogen-bond acceptors (Lipinski definition) is 12. The molecule has 1 aliphatic heterocycles. The molecule has 1 amide bonds. The lowest BCUT2D eigenvalue weighted by Crippen LogP contribution is -2.47. The average molecular weight is 447 g/mol. The van der Waals surface area contributed by atoms with Gasteiger partial charge in [-0.25, -0.2) is 9.78 Å². The number of β-amino-alcohol motifs (C(OH)–C–C–N with tert-alkyl or cyclic N) is 1. The number of carboxylic acid groups (broad SMARTS) is 1. The topological polar surface area (TPSA) is 169 Å². The summed E-state index contributed by atoms with van der Waals surface area (Å²) in [6.07, 6.45) is 1.24. The van der Waals surface area contributed by atoms with Gasteiger partial charge in [0.1, 0.15) is 4.88 Å². The van der Waals surface area contributed by atoms with E-state index in [1.165, 1.54) is 6.20 Å². The van der Waals surface area contributed by atoms with Crippen molar-refractivity contribution in [1.82, 2.24) is 30.3 Å². The molecule has 2 aromatic rings. The number of aliphatic hydroxyl groups is 1. The third kappa shape index (κ3) is 6.22. The van der Waals surface area contributed by atoms with E-state index in [1.54, 1.807) is 6.92 Å². The zero-order chi connectivity index (χ0) is 22.2. The van der Waals surface area contributed by atoms with E-state index in [1.807, 2.05) is 4.90 Å². The average Bonchev–Trinajstić information content (AvgIpc) is 3.22. The molecule has 0 atom stereocenters. The molecule has 0 saturated carbocycles. The summed E-state index contributed by atoms with van der Waals surface area (Å²) in [5, 5.41) is 21.3. The minimum Gasteiger partial charge on any atom is -0.477 e. The number of hydrogen-bond donors (Lipinski definition) is 5. The summed E-state index contributed by atoms with van der Waals surface area (Å²) in [4.78, 5) is 43.8. The normalized spacial score (nSPS) is 13.8. The quantitative estimate of drug-likeness (QED) is 0.256. The van der Waals surface area contributed by atoms with Crippen LogP contribution < -0.4 is 21.1 Å². The van der Waals surface area contributed by atoms with Crippen LogP contribution in [0.3, 0.4) is 0 Å². The molecular weight excluding hydrogens is 426 g/mol. The molecule has 0 unspecified atom stereocenters. The molecule has 13 nitrogen and oxygen atoms in total. The lowest BCUT2D eigenvalue weighted by molar-refractivity contribution is -0.115. The maximum Gasteiger partial charge on any atom is 0.347 e. The number of nitrogens with zero attached hydrogens (tertiary/aromatic N) is 6. The molecule has 5 N–H and O–H groups in total. The number of rotatable bonds is 8. The van der Waals surface area contributed by atoms with E-state index in [4.69, 9.17) is 10.2 Å². The summed E-state index contributed by atoms with van der Waals surface area (Å²) < 4.78 is 0. The van der Waals surface area contributed by atoms with Gasteiger partial charge < -0.3 is 15.1 Å². The van der Waals surface area contributed by atoms with Crippen LogP contribution in [-0.4, -0.2) is 86.3 Å². The zero-order valence-electron chi connectivity index (χ0n) is 16.6. The predicted molar refractivity (Wildman–Crippen MR) is 113 cm³/mol. The second kappa shape index (κ2) is 10.5. The highest BCUT2D eigenvalue weighted by atomic mass is 32.1. The second-order valence-corrected chi connectivity index (χ2v) is 7.28. The third-order valence-electron chi connectivity index (χ3n) is 4.16. The first-order chi connectivity index (χ1) is 15.0. The maximum absolute atomic E-state index is 11.6. The summed E-state index contributed by atoms with van der Waals surface area (Å²) in [6, 6.07) is 0. The lowest BCUT2D eigenvalue weighted by atomic mass is 10.3. The highest BCUT2D eigenvalue weighted by Gasteiger charge is 2.21. The smallest absolute Gasteiger partial charge is 0.347 e. The van der Waals surface area contributed by atoms with Crippen molar-refractivity contribution in [3.63, 3.8) is 0 Å². The van der Waals surface area contributed by atoms with Crippen molar-refractivity contribution >= 4 is 46.2 Å². The molecule has 31 heavy (non-hydrogen) atoms. The molecule has 164 valence electrons. The van der Waals surface area contributed by atoms with Crippen molar-refractivity contribution < 1.29 is 19.8 Å². The van der Waals surface area contributed by atoms with Crippen molar-refractivity contribution in [1.29, 1.82) is 0 Å². The monoisotopic (exact) mass is 447 g/mol. The Morgan fingerprint density at radius 1 is 1.19 bits per heavy atom. The molecule has 3 rings (SSSR count). The molecule has 1 aliphatic rings. The number of anilines is 4. The van der Waals surface area contributed by atoms with Gasteiger partial charge in [0, 0.05) is 32.7 Å². The Morgan fingerprint density at radius 3 is 2.58 bits per heavy atom. The van der Waals surface area contributed by atoms with Gasteiger partial charge in [0.2, 0.25) is 17.8 Å². The fourth-order valence-corrected chi connectivity index (χ4v) is 3.36. The van der Waals surface area contributed by atoms with E-state index < -0.39 is 11.9 Å². The SMILES string of the molecule is CC#CC(=O)NNc1nc(Nc2ncc(C(=O)O)s2)nc(N2CCN(CCO)CC2)n1. The number of hydrazine groups is 1. The number of carbonyl (C=O) groups is 2. The Hall–Kier alpha value is -3.54. The zero-order valence-corrected chi connectivity index (χ0v) is 17.4. The summed E-state index contributed by atoms with van der Waals surface area (Å²) >= 11 is 0.939. The first-order valence-corrected chi connectivity index (χ1v) is 10.1. The van der Waals surface area contributed by atoms with Crippen molar-refractivity contribution in [2.75, 3.05) is 55.0 Å². The molecule has 14 heteroatoms. The van der Waals surface area contributed by atoms with E-state index in [2.05, 4.69) is 52.8 Å². The van der Waals surface area contributed by atoms with Crippen LogP contribution in [-0.2, 0) is 4.79 Å². The standard InChI is InChI=1S/C17H21N9O4S/c1-2-3-12(28)23-24-15-19-14(22-17-18-10-11(31-17)13(29)30)20-16(21-15)26-6-4-25(5-7-26)8-9-27/h10,27H,4-9H2,1H3,(H,23,28)(H,29,30)(H2,18,19,20,21,22,24). The van der Waals surface area contributed by atoms with E-state index in [0.29, 0.717) is 30.7 Å². The molecule has 0 bridgehead atoms. The second-order valence-electron chi connectivity index (χ2n) is 6.25. The molecular formula is C17H21N9O4S. The molecule has 1 saturated heterocycles. The highest BCUT2D eigenvalue weighted by Crippen LogP contribution is 2.23. The van der Waals surface area contributed by atoms with Crippen LogP contribution in [0.5, 0.6) is 0 Å². The first kappa shape index (κ1) is 22.2. The Bertz CT molecular complexity index is 995. The number of carbonyl (C=O) groups excluding carboxylic acids is 1. The van der Waals surface area contributed by atoms with Gasteiger partial charge in [-0.1, -0.05) is 17.3 Å². The lowest BCUT2D eigenvalue weighted by Gasteiger charge is -2.34. The number of aromatic nitrogens is 4. The molecule has 2 aromatic heterocycles. The fourth-order valence-electron chi connectivity index (χ4n) is 2.71. The Balaban J connectivity index is 1.80. The van der Waals surface area contributed by atoms with Gasteiger partial charge in [0.25, 0.3) is 0 Å². The van der Waals surface area contributed by atoms with Crippen LogP contribution in [0.1, 0.15) is 16.6 Å². The number of aliphatic hydroxyl groups excluding tert-OH is 1. The van der Waals surface area contributed by atoms with Crippen LogP contribution in [0.2, 0.25) is 0 Å². The number of aromatic carboxylic acids is 1. The van der Waals surface area contributed by atoms with Crippen LogP contribution in [0.25, 0.3) is 0 Å². The van der Waals surface area contributed by atoms with Crippen LogP contribution in [0, 0.1) is 11.8 Å². The van der Waals surface area contributed by atoms with Crippen molar-refractivity contribution in [3.05, 3.63) is 11.1 Å². The Kier molecular flexibility index (Phi) is 7.49.